The number of halogens is 3. The number of amides is 3. The summed E-state index contributed by atoms with van der Waals surface area (Å²) in [5, 5.41) is 32.0. The van der Waals surface area contributed by atoms with E-state index >= 15 is 0 Å². The van der Waals surface area contributed by atoms with Gasteiger partial charge in [-0.2, -0.15) is 18.3 Å². The van der Waals surface area contributed by atoms with E-state index in [0.29, 0.717) is 22.6 Å². The van der Waals surface area contributed by atoms with Gasteiger partial charge in [-0.3, -0.25) is 24.0 Å². The van der Waals surface area contributed by atoms with Crippen molar-refractivity contribution in [3.8, 4) is 10.6 Å². The van der Waals surface area contributed by atoms with Crippen LogP contribution >= 0.6 is 11.3 Å². The number of β-amino-alcohol motifs (C(OH)–C–C–N with tert-alkyl or cyclic N) is 1. The van der Waals surface area contributed by atoms with Gasteiger partial charge in [-0.15, -0.1) is 11.3 Å². The summed E-state index contributed by atoms with van der Waals surface area (Å²) in [6.07, 6.45) is -5.54. The molecule has 2 aromatic heterocycles. The lowest BCUT2D eigenvalue weighted by Crippen LogP contribution is -2.62. The summed E-state index contributed by atoms with van der Waals surface area (Å²) in [5.74, 6) is -1.64. The van der Waals surface area contributed by atoms with Crippen LogP contribution in [-0.4, -0.2) is 97.5 Å². The number of alkyl halides is 3. The minimum atomic E-state index is -4.61. The number of nitrogens with one attached hydrogen (secondary N) is 2. The number of benzene rings is 2. The molecule has 1 aliphatic carbocycles. The molecular formula is C40H47F3N6O5S. The number of aliphatic hydroxyl groups is 2. The molecule has 1 aliphatic heterocycles. The van der Waals surface area contributed by atoms with Crippen molar-refractivity contribution in [1.82, 2.24) is 30.2 Å². The number of rotatable bonds is 11. The lowest BCUT2D eigenvalue weighted by molar-refractivity contribution is -0.141. The second kappa shape index (κ2) is 16.3. The summed E-state index contributed by atoms with van der Waals surface area (Å²) < 4.78 is 41.0. The normalized spacial score (nSPS) is 20.2. The molecule has 0 bridgehead atoms. The Morgan fingerprint density at radius 3 is 2.40 bits per heavy atom. The number of aryl methyl sites for hydroxylation is 1. The number of thiophene rings is 1. The number of aliphatic hydroxyl groups excluding tert-OH is 2. The predicted molar refractivity (Wildman–Crippen MR) is 202 cm³/mol. The van der Waals surface area contributed by atoms with Gasteiger partial charge in [0.25, 0.3) is 5.91 Å². The first-order chi connectivity index (χ1) is 26.0. The van der Waals surface area contributed by atoms with Crippen LogP contribution in [0.2, 0.25) is 0 Å². The van der Waals surface area contributed by atoms with Crippen molar-refractivity contribution in [3.63, 3.8) is 0 Å². The Hall–Kier alpha value is -4.57. The van der Waals surface area contributed by atoms with Crippen LogP contribution in [0.15, 0.2) is 72.8 Å². The summed E-state index contributed by atoms with van der Waals surface area (Å²) in [4.78, 5) is 45.6. The van der Waals surface area contributed by atoms with E-state index in [0.717, 1.165) is 38.8 Å². The van der Waals surface area contributed by atoms with E-state index in [1.807, 2.05) is 80.3 Å². The molecule has 0 unspecified atom stereocenters. The van der Waals surface area contributed by atoms with E-state index in [9.17, 15) is 37.8 Å². The van der Waals surface area contributed by atoms with Crippen LogP contribution in [0.4, 0.5) is 13.2 Å². The maximum absolute atomic E-state index is 13.9. The van der Waals surface area contributed by atoms with Gasteiger partial charge in [0.1, 0.15) is 6.04 Å². The molecule has 294 valence electrons. The van der Waals surface area contributed by atoms with Crippen LogP contribution < -0.4 is 10.6 Å². The molecular weight excluding hydrogens is 734 g/mol. The zero-order valence-corrected chi connectivity index (χ0v) is 32.0. The van der Waals surface area contributed by atoms with E-state index in [4.69, 9.17) is 0 Å². The maximum atomic E-state index is 13.9. The number of aromatic nitrogens is 2. The van der Waals surface area contributed by atoms with E-state index in [2.05, 4.69) is 15.7 Å². The van der Waals surface area contributed by atoms with Gasteiger partial charge in [0.05, 0.1) is 33.7 Å². The Balaban J connectivity index is 1.16. The number of hydrogen-bond donors (Lipinski definition) is 4. The van der Waals surface area contributed by atoms with Crippen molar-refractivity contribution < 1.29 is 37.8 Å². The van der Waals surface area contributed by atoms with E-state index in [1.54, 1.807) is 17.0 Å². The first kappa shape index (κ1) is 40.1. The minimum absolute atomic E-state index is 0.0114. The highest BCUT2D eigenvalue weighted by Gasteiger charge is 2.39. The van der Waals surface area contributed by atoms with Gasteiger partial charge >= 0.3 is 6.18 Å². The minimum Gasteiger partial charge on any atom is -0.392 e. The molecule has 2 aliphatic rings. The lowest BCUT2D eigenvalue weighted by atomic mass is 9.91. The molecule has 5 atom stereocenters. The SMILES string of the molecule is Cn1nc(C(F)(F)F)cc1-c1ccc(C(=O)N2CCN(C[C@@H](O)C[C@@H](Cc3ccccc3)C(=O)N[C@H]3c4ccccc4C[C@H]3O)[C@H](C(=O)NC(C)(C)C)C2)s1. The van der Waals surface area contributed by atoms with Crippen molar-refractivity contribution in [2.24, 2.45) is 13.0 Å². The lowest BCUT2D eigenvalue weighted by Gasteiger charge is -2.42. The van der Waals surface area contributed by atoms with Crippen LogP contribution in [0.25, 0.3) is 10.6 Å². The molecule has 3 amide bonds. The molecule has 0 spiro atoms. The standard InChI is InChI=1S/C40H47F3N6O5S/c1-39(2,3)45-37(53)30-23-49(38(54)33-15-14-32(55-33)29-21-34(40(41,42)43)46-47(29)4)17-16-48(30)22-27(50)19-26(18-24-10-6-5-7-11-24)36(52)44-35-28-13-9-8-12-25(28)20-31(35)51/h5-15,21,26-27,30-31,35,50-51H,16-20,22-23H2,1-4H3,(H,44,52)(H,45,53)/t26-,27+,30+,31-,35+/m1/s1. The third-order valence-corrected chi connectivity index (χ3v) is 11.1. The number of fused-ring (bicyclic) bond motifs is 1. The molecule has 4 N–H and O–H groups in total. The van der Waals surface area contributed by atoms with Crippen molar-refractivity contribution in [2.45, 2.75) is 76.0 Å². The molecule has 1 saturated heterocycles. The van der Waals surface area contributed by atoms with Crippen molar-refractivity contribution in [1.29, 1.82) is 0 Å². The quantitative estimate of drug-likeness (QED) is 0.175. The fourth-order valence-corrected chi connectivity index (χ4v) is 8.40. The van der Waals surface area contributed by atoms with E-state index in [1.165, 1.54) is 7.05 Å². The van der Waals surface area contributed by atoms with E-state index < -0.39 is 47.6 Å². The molecule has 15 heteroatoms. The van der Waals surface area contributed by atoms with Crippen LogP contribution in [0.1, 0.15) is 65.3 Å². The predicted octanol–water partition coefficient (Wildman–Crippen LogP) is 4.59. The largest absolute Gasteiger partial charge is 0.435 e. The Morgan fingerprint density at radius 1 is 1.00 bits per heavy atom. The van der Waals surface area contributed by atoms with Gasteiger partial charge in [0.15, 0.2) is 5.69 Å². The number of piperazine rings is 1. The van der Waals surface area contributed by atoms with Crippen LogP contribution in [-0.2, 0) is 35.7 Å². The fraction of sp³-hybridized carbons (Fsp3) is 0.450. The molecule has 1 fully saturated rings. The third kappa shape index (κ3) is 9.63. The number of nitrogens with zero attached hydrogens (tertiary/aromatic N) is 4. The molecule has 0 radical (unpaired) electrons. The summed E-state index contributed by atoms with van der Waals surface area (Å²) in [7, 11) is 1.41. The van der Waals surface area contributed by atoms with E-state index in [-0.39, 0.29) is 56.0 Å². The second-order valence-corrected chi connectivity index (χ2v) is 16.5. The average Bonchev–Trinajstić information content (AvgIpc) is 3.84. The Morgan fingerprint density at radius 2 is 1.71 bits per heavy atom. The van der Waals surface area contributed by atoms with Crippen LogP contribution in [0, 0.1) is 5.92 Å². The van der Waals surface area contributed by atoms with Crippen LogP contribution in [0.3, 0.4) is 0 Å². The molecule has 11 nitrogen and oxygen atoms in total. The van der Waals surface area contributed by atoms with Gasteiger partial charge in [0.2, 0.25) is 11.8 Å². The van der Waals surface area contributed by atoms with Gasteiger partial charge in [-0.1, -0.05) is 54.6 Å². The first-order valence-corrected chi connectivity index (χ1v) is 19.1. The molecule has 6 rings (SSSR count). The molecule has 2 aromatic carbocycles. The smallest absolute Gasteiger partial charge is 0.392 e. The average molecular weight is 781 g/mol. The highest BCUT2D eigenvalue weighted by Crippen LogP contribution is 2.35. The van der Waals surface area contributed by atoms with Gasteiger partial charge in [-0.05, 0) is 68.5 Å². The maximum Gasteiger partial charge on any atom is 0.435 e. The highest BCUT2D eigenvalue weighted by atomic mass is 32.1. The Kier molecular flexibility index (Phi) is 11.9. The second-order valence-electron chi connectivity index (χ2n) is 15.4. The third-order valence-electron chi connectivity index (χ3n) is 10.0. The zero-order valence-electron chi connectivity index (χ0n) is 31.2. The van der Waals surface area contributed by atoms with Gasteiger partial charge in [-0.25, -0.2) is 0 Å². The number of hydrogen-bond acceptors (Lipinski definition) is 8. The van der Waals surface area contributed by atoms with Crippen molar-refractivity contribution in [3.05, 3.63) is 100 Å². The molecule has 3 heterocycles. The van der Waals surface area contributed by atoms with Crippen molar-refractivity contribution >= 4 is 29.1 Å². The van der Waals surface area contributed by atoms with Crippen molar-refractivity contribution in [2.75, 3.05) is 26.2 Å². The fourth-order valence-electron chi connectivity index (χ4n) is 7.38. The Labute approximate surface area is 322 Å². The first-order valence-electron chi connectivity index (χ1n) is 18.3. The topological polar surface area (TPSA) is 140 Å². The molecule has 55 heavy (non-hydrogen) atoms. The summed E-state index contributed by atoms with van der Waals surface area (Å²) in [6, 6.07) is 19.8. The van der Waals surface area contributed by atoms with Gasteiger partial charge < -0.3 is 25.7 Å². The monoisotopic (exact) mass is 780 g/mol. The summed E-state index contributed by atoms with van der Waals surface area (Å²) >= 11 is 1.05. The number of carbonyl (C=O) groups excluding carboxylic acids is 3. The number of carbonyl (C=O) groups is 3. The van der Waals surface area contributed by atoms with Gasteiger partial charge in [0, 0.05) is 51.1 Å². The summed E-state index contributed by atoms with van der Waals surface area (Å²) in [6.45, 7) is 6.09. The molecule has 0 saturated carbocycles. The summed E-state index contributed by atoms with van der Waals surface area (Å²) in [5.41, 5.74) is 1.37. The highest BCUT2D eigenvalue weighted by molar-refractivity contribution is 7.17. The Bertz CT molecular complexity index is 1990. The zero-order chi connectivity index (χ0) is 39.7. The van der Waals surface area contributed by atoms with Crippen LogP contribution in [0.5, 0.6) is 0 Å². The molecule has 4 aromatic rings.